The van der Waals surface area contributed by atoms with Crippen molar-refractivity contribution in [2.45, 2.75) is 38.3 Å². The van der Waals surface area contributed by atoms with Gasteiger partial charge in [-0.2, -0.15) is 11.8 Å². The third kappa shape index (κ3) is 4.33. The topological polar surface area (TPSA) is 74.6 Å². The van der Waals surface area contributed by atoms with Crippen LogP contribution in [0.1, 0.15) is 35.4 Å². The van der Waals surface area contributed by atoms with Crippen LogP contribution in [-0.2, 0) is 4.79 Å². The van der Waals surface area contributed by atoms with Crippen molar-refractivity contribution in [3.63, 3.8) is 0 Å². The number of piperidine rings is 1. The molecule has 132 valence electrons. The Bertz CT molecular complexity index is 575. The Labute approximate surface area is 146 Å². The predicted molar refractivity (Wildman–Crippen MR) is 94.2 cm³/mol. The molecule has 1 atom stereocenters. The van der Waals surface area contributed by atoms with Gasteiger partial charge in [0, 0.05) is 49.6 Å². The number of thioether (sulfide) groups is 1. The molecule has 6 nitrogen and oxygen atoms in total. The summed E-state index contributed by atoms with van der Waals surface area (Å²) in [6.07, 6.45) is 3.73. The Hall–Kier alpha value is -1.47. The second kappa shape index (κ2) is 8.07. The molecule has 3 rings (SSSR count). The molecule has 7 heteroatoms. The summed E-state index contributed by atoms with van der Waals surface area (Å²) in [5.41, 5.74) is 0.592. The zero-order valence-electron chi connectivity index (χ0n) is 14.0. The van der Waals surface area contributed by atoms with E-state index in [0.717, 1.165) is 30.9 Å². The van der Waals surface area contributed by atoms with Crippen LogP contribution in [0.15, 0.2) is 16.7 Å². The Kier molecular flexibility index (Phi) is 5.84. The summed E-state index contributed by atoms with van der Waals surface area (Å²) < 4.78 is 5.17. The molecule has 2 saturated heterocycles. The van der Waals surface area contributed by atoms with Crippen molar-refractivity contribution in [2.24, 2.45) is 0 Å². The fourth-order valence-corrected chi connectivity index (χ4v) is 4.20. The number of hydrogen-bond donors (Lipinski definition) is 2. The molecule has 1 aromatic heterocycles. The molecule has 2 aliphatic rings. The summed E-state index contributed by atoms with van der Waals surface area (Å²) in [4.78, 5) is 26.6. The van der Waals surface area contributed by atoms with Crippen LogP contribution in [0.3, 0.4) is 0 Å². The van der Waals surface area contributed by atoms with Crippen LogP contribution in [0, 0.1) is 6.92 Å². The number of rotatable bonds is 4. The predicted octanol–water partition coefficient (Wildman–Crippen LogP) is 1.40. The lowest BCUT2D eigenvalue weighted by Gasteiger charge is -2.33. The molecule has 0 radical (unpaired) electrons. The van der Waals surface area contributed by atoms with Crippen LogP contribution in [0.4, 0.5) is 0 Å². The summed E-state index contributed by atoms with van der Waals surface area (Å²) in [5, 5.41) is 6.46. The molecule has 24 heavy (non-hydrogen) atoms. The van der Waals surface area contributed by atoms with Gasteiger partial charge in [-0.05, 0) is 25.8 Å². The highest BCUT2D eigenvalue weighted by Gasteiger charge is 2.26. The van der Waals surface area contributed by atoms with Crippen molar-refractivity contribution < 1.29 is 14.0 Å². The van der Waals surface area contributed by atoms with Crippen molar-refractivity contribution in [1.29, 1.82) is 0 Å². The lowest BCUT2D eigenvalue weighted by Crippen LogP contribution is -2.48. The van der Waals surface area contributed by atoms with E-state index >= 15 is 0 Å². The lowest BCUT2D eigenvalue weighted by atomic mass is 10.0. The minimum atomic E-state index is -0.0885. The van der Waals surface area contributed by atoms with E-state index in [-0.39, 0.29) is 17.9 Å². The number of amides is 2. The number of nitrogens with one attached hydrogen (secondary N) is 2. The quantitative estimate of drug-likeness (QED) is 0.858. The first kappa shape index (κ1) is 17.4. The van der Waals surface area contributed by atoms with E-state index in [4.69, 9.17) is 4.42 Å². The Morgan fingerprint density at radius 2 is 2.21 bits per heavy atom. The first-order valence-corrected chi connectivity index (χ1v) is 9.73. The van der Waals surface area contributed by atoms with Crippen LogP contribution < -0.4 is 10.6 Å². The standard InChI is InChI=1S/C17H25N3O3S/c1-12-15(4-8-23-12)17(22)19-13-2-6-20(7-3-13)16(21)10-14-11-24-9-5-18-14/h4,8,13-14,18H,2-3,5-7,9-11H2,1H3,(H,19,22). The summed E-state index contributed by atoms with van der Waals surface area (Å²) in [6, 6.07) is 2.12. The summed E-state index contributed by atoms with van der Waals surface area (Å²) >= 11 is 1.91. The molecule has 0 saturated carbocycles. The second-order valence-electron chi connectivity index (χ2n) is 6.45. The first-order valence-electron chi connectivity index (χ1n) is 8.57. The average Bonchev–Trinajstić information content (AvgIpc) is 3.02. The molecule has 2 aliphatic heterocycles. The Morgan fingerprint density at radius 1 is 1.42 bits per heavy atom. The van der Waals surface area contributed by atoms with E-state index in [9.17, 15) is 9.59 Å². The van der Waals surface area contributed by atoms with Crippen molar-refractivity contribution in [3.05, 3.63) is 23.7 Å². The molecule has 0 aliphatic carbocycles. The number of likely N-dealkylation sites (tertiary alicyclic amines) is 1. The van der Waals surface area contributed by atoms with Gasteiger partial charge < -0.3 is 20.0 Å². The third-order valence-electron chi connectivity index (χ3n) is 4.71. The van der Waals surface area contributed by atoms with Gasteiger partial charge in [0.25, 0.3) is 5.91 Å². The largest absolute Gasteiger partial charge is 0.469 e. The second-order valence-corrected chi connectivity index (χ2v) is 7.60. The molecular formula is C17H25N3O3S. The third-order valence-corrected chi connectivity index (χ3v) is 5.84. The fraction of sp³-hybridized carbons (Fsp3) is 0.647. The van der Waals surface area contributed by atoms with E-state index in [1.807, 2.05) is 16.7 Å². The SMILES string of the molecule is Cc1occc1C(=O)NC1CCN(C(=O)CC2CSCCN2)CC1. The molecule has 1 aromatic rings. The van der Waals surface area contributed by atoms with Gasteiger partial charge in [0.1, 0.15) is 5.76 Å². The number of carbonyl (C=O) groups is 2. The van der Waals surface area contributed by atoms with Gasteiger partial charge in [-0.15, -0.1) is 0 Å². The minimum Gasteiger partial charge on any atom is -0.469 e. The first-order chi connectivity index (χ1) is 11.6. The van der Waals surface area contributed by atoms with E-state index in [1.54, 1.807) is 13.0 Å². The maximum atomic E-state index is 12.4. The van der Waals surface area contributed by atoms with Crippen LogP contribution in [0.5, 0.6) is 0 Å². The highest BCUT2D eigenvalue weighted by Crippen LogP contribution is 2.16. The van der Waals surface area contributed by atoms with Crippen molar-refractivity contribution >= 4 is 23.6 Å². The normalized spacial score (nSPS) is 22.4. The molecule has 2 amide bonds. The summed E-state index contributed by atoms with van der Waals surface area (Å²) in [5.74, 6) is 2.92. The van der Waals surface area contributed by atoms with Gasteiger partial charge in [-0.25, -0.2) is 0 Å². The van der Waals surface area contributed by atoms with E-state index in [0.29, 0.717) is 36.9 Å². The smallest absolute Gasteiger partial charge is 0.255 e. The lowest BCUT2D eigenvalue weighted by molar-refractivity contribution is -0.132. The van der Waals surface area contributed by atoms with Crippen molar-refractivity contribution in [2.75, 3.05) is 31.1 Å². The Morgan fingerprint density at radius 3 is 2.83 bits per heavy atom. The monoisotopic (exact) mass is 351 g/mol. The zero-order chi connectivity index (χ0) is 16.9. The number of carbonyl (C=O) groups excluding carboxylic acids is 2. The molecule has 2 fully saturated rings. The molecule has 1 unspecified atom stereocenters. The number of aryl methyl sites for hydroxylation is 1. The molecule has 2 N–H and O–H groups in total. The number of nitrogens with zero attached hydrogens (tertiary/aromatic N) is 1. The summed E-state index contributed by atoms with van der Waals surface area (Å²) in [6.45, 7) is 4.21. The maximum absolute atomic E-state index is 12.4. The molecule has 0 aromatic carbocycles. The van der Waals surface area contributed by atoms with Gasteiger partial charge in [-0.3, -0.25) is 9.59 Å². The van der Waals surface area contributed by atoms with Crippen LogP contribution >= 0.6 is 11.8 Å². The van der Waals surface area contributed by atoms with Gasteiger partial charge in [0.15, 0.2) is 0 Å². The maximum Gasteiger partial charge on any atom is 0.255 e. The van der Waals surface area contributed by atoms with Gasteiger partial charge in [0.2, 0.25) is 5.91 Å². The van der Waals surface area contributed by atoms with Gasteiger partial charge in [0.05, 0.1) is 11.8 Å². The van der Waals surface area contributed by atoms with Gasteiger partial charge >= 0.3 is 0 Å². The molecular weight excluding hydrogens is 326 g/mol. The van der Waals surface area contributed by atoms with E-state index < -0.39 is 0 Å². The van der Waals surface area contributed by atoms with Crippen LogP contribution in [0.2, 0.25) is 0 Å². The zero-order valence-corrected chi connectivity index (χ0v) is 14.9. The van der Waals surface area contributed by atoms with Crippen LogP contribution in [0.25, 0.3) is 0 Å². The minimum absolute atomic E-state index is 0.0885. The summed E-state index contributed by atoms with van der Waals surface area (Å²) in [7, 11) is 0. The highest BCUT2D eigenvalue weighted by molar-refractivity contribution is 7.99. The average molecular weight is 351 g/mol. The number of furan rings is 1. The van der Waals surface area contributed by atoms with Crippen LogP contribution in [-0.4, -0.2) is 59.9 Å². The molecule has 0 bridgehead atoms. The van der Waals surface area contributed by atoms with Gasteiger partial charge in [-0.1, -0.05) is 0 Å². The van der Waals surface area contributed by atoms with Crippen molar-refractivity contribution in [1.82, 2.24) is 15.5 Å². The highest BCUT2D eigenvalue weighted by atomic mass is 32.2. The van der Waals surface area contributed by atoms with E-state index in [2.05, 4.69) is 10.6 Å². The number of hydrogen-bond acceptors (Lipinski definition) is 5. The molecule has 3 heterocycles. The van der Waals surface area contributed by atoms with Crippen molar-refractivity contribution in [3.8, 4) is 0 Å². The van der Waals surface area contributed by atoms with E-state index in [1.165, 1.54) is 6.26 Å². The Balaban J connectivity index is 1.42. The fourth-order valence-electron chi connectivity index (χ4n) is 3.25. The molecule has 0 spiro atoms.